The molecule has 0 fully saturated rings. The predicted molar refractivity (Wildman–Crippen MR) is 70.5 cm³/mol. The molecule has 0 bridgehead atoms. The van der Waals surface area contributed by atoms with Crippen molar-refractivity contribution in [3.63, 3.8) is 0 Å². The van der Waals surface area contributed by atoms with Gasteiger partial charge in [-0.3, -0.25) is 5.41 Å². The molecular weight excluding hydrogens is 346 g/mol. The number of nitrogens with zero attached hydrogens (tertiary/aromatic N) is 1. The summed E-state index contributed by atoms with van der Waals surface area (Å²) in [5.41, 5.74) is 4.94. The first-order valence-electron chi connectivity index (χ1n) is 5.42. The van der Waals surface area contributed by atoms with Gasteiger partial charge in [0.2, 0.25) is 0 Å². The number of alkyl halides is 3. The summed E-state index contributed by atoms with van der Waals surface area (Å²) >= 11 is 2.86. The van der Waals surface area contributed by atoms with Crippen LogP contribution in [0.5, 0.6) is 0 Å². The second-order valence-electron chi connectivity index (χ2n) is 3.93. The van der Waals surface area contributed by atoms with Crippen molar-refractivity contribution in [2.45, 2.75) is 6.18 Å². The lowest BCUT2D eigenvalue weighted by Crippen LogP contribution is -2.37. The number of benzene rings is 1. The number of nitrogen functional groups attached to an aromatic ring is 1. The zero-order valence-corrected chi connectivity index (χ0v) is 11.7. The molecule has 0 saturated carbocycles. The van der Waals surface area contributed by atoms with Crippen molar-refractivity contribution in [2.75, 3.05) is 24.6 Å². The average Bonchev–Trinajstić information content (AvgIpc) is 2.30. The minimum absolute atomic E-state index is 0.0437. The fourth-order valence-corrected chi connectivity index (χ4v) is 2.16. The molecule has 0 aromatic heterocycles. The molecule has 1 aromatic rings. The summed E-state index contributed by atoms with van der Waals surface area (Å²) in [5, 5.41) is 16.0. The van der Waals surface area contributed by atoms with Crippen LogP contribution < -0.4 is 10.6 Å². The highest BCUT2D eigenvalue weighted by molar-refractivity contribution is 9.10. The van der Waals surface area contributed by atoms with E-state index in [1.54, 1.807) is 0 Å². The van der Waals surface area contributed by atoms with E-state index in [0.717, 1.165) is 6.07 Å². The Bertz CT molecular complexity index is 507. The number of nitrogens with two attached hydrogens (primary N) is 1. The van der Waals surface area contributed by atoms with Crippen LogP contribution in [0.15, 0.2) is 16.6 Å². The van der Waals surface area contributed by atoms with Gasteiger partial charge < -0.3 is 15.7 Å². The van der Waals surface area contributed by atoms with Gasteiger partial charge in [-0.2, -0.15) is 13.2 Å². The lowest BCUT2D eigenvalue weighted by atomic mass is 10.1. The molecule has 4 nitrogen and oxygen atoms in total. The molecule has 1 rings (SSSR count). The SMILES string of the molecule is N=C(N)c1ccc(N(CCO)CC(F)(F)F)c(F)c1Br. The van der Waals surface area contributed by atoms with E-state index in [-0.39, 0.29) is 22.3 Å². The van der Waals surface area contributed by atoms with Crippen LogP contribution in [0.25, 0.3) is 0 Å². The van der Waals surface area contributed by atoms with E-state index in [9.17, 15) is 17.6 Å². The van der Waals surface area contributed by atoms with Crippen LogP contribution in [0.3, 0.4) is 0 Å². The quantitative estimate of drug-likeness (QED) is 0.429. The molecular formula is C11H12BrF4N3O. The summed E-state index contributed by atoms with van der Waals surface area (Å²) in [5.74, 6) is -1.37. The number of anilines is 1. The maximum absolute atomic E-state index is 14.1. The molecule has 0 saturated heterocycles. The average molecular weight is 358 g/mol. The number of amidine groups is 1. The van der Waals surface area contributed by atoms with Gasteiger partial charge in [-0.25, -0.2) is 4.39 Å². The first-order valence-corrected chi connectivity index (χ1v) is 6.21. The Balaban J connectivity index is 3.21. The van der Waals surface area contributed by atoms with E-state index in [1.165, 1.54) is 6.07 Å². The lowest BCUT2D eigenvalue weighted by molar-refractivity contribution is -0.119. The maximum Gasteiger partial charge on any atom is 0.405 e. The molecule has 0 heterocycles. The zero-order chi connectivity index (χ0) is 15.5. The number of aliphatic hydroxyl groups excluding tert-OH is 1. The minimum Gasteiger partial charge on any atom is -0.395 e. The van der Waals surface area contributed by atoms with Crippen LogP contribution in [-0.2, 0) is 0 Å². The van der Waals surface area contributed by atoms with Crippen molar-refractivity contribution < 1.29 is 22.7 Å². The van der Waals surface area contributed by atoms with E-state index in [4.69, 9.17) is 16.2 Å². The van der Waals surface area contributed by atoms with Crippen molar-refractivity contribution in [1.29, 1.82) is 5.41 Å². The molecule has 0 aliphatic rings. The number of rotatable bonds is 5. The third-order valence-electron chi connectivity index (χ3n) is 2.43. The highest BCUT2D eigenvalue weighted by atomic mass is 79.9. The molecule has 112 valence electrons. The molecule has 0 radical (unpaired) electrons. The topological polar surface area (TPSA) is 73.3 Å². The van der Waals surface area contributed by atoms with E-state index < -0.39 is 31.0 Å². The lowest BCUT2D eigenvalue weighted by Gasteiger charge is -2.26. The second kappa shape index (κ2) is 6.40. The molecule has 0 aliphatic heterocycles. The van der Waals surface area contributed by atoms with Crippen molar-refractivity contribution >= 4 is 27.5 Å². The third-order valence-corrected chi connectivity index (χ3v) is 3.21. The van der Waals surface area contributed by atoms with Crippen LogP contribution in [-0.4, -0.2) is 36.8 Å². The van der Waals surface area contributed by atoms with Crippen LogP contribution in [0.4, 0.5) is 23.2 Å². The van der Waals surface area contributed by atoms with Gasteiger partial charge in [0, 0.05) is 12.1 Å². The Kier molecular flexibility index (Phi) is 5.35. The van der Waals surface area contributed by atoms with E-state index in [0.29, 0.717) is 4.90 Å². The number of hydrogen-bond acceptors (Lipinski definition) is 3. The summed E-state index contributed by atoms with van der Waals surface area (Å²) in [7, 11) is 0. The van der Waals surface area contributed by atoms with Crippen molar-refractivity contribution in [3.05, 3.63) is 28.0 Å². The largest absolute Gasteiger partial charge is 0.405 e. The number of halogens is 5. The first kappa shape index (κ1) is 16.7. The summed E-state index contributed by atoms with van der Waals surface area (Å²) in [4.78, 5) is 0.671. The van der Waals surface area contributed by atoms with Gasteiger partial charge in [0.1, 0.15) is 12.4 Å². The van der Waals surface area contributed by atoms with Crippen molar-refractivity contribution in [3.8, 4) is 0 Å². The first-order chi connectivity index (χ1) is 9.17. The summed E-state index contributed by atoms with van der Waals surface area (Å²) in [6, 6.07) is 2.34. The van der Waals surface area contributed by atoms with Crippen LogP contribution in [0, 0.1) is 11.2 Å². The van der Waals surface area contributed by atoms with Crippen molar-refractivity contribution in [2.24, 2.45) is 5.73 Å². The van der Waals surface area contributed by atoms with Gasteiger partial charge in [0.25, 0.3) is 0 Å². The van der Waals surface area contributed by atoms with Gasteiger partial charge >= 0.3 is 6.18 Å². The Morgan fingerprint density at radius 3 is 2.45 bits per heavy atom. The van der Waals surface area contributed by atoms with E-state index >= 15 is 0 Å². The van der Waals surface area contributed by atoms with Gasteiger partial charge in [-0.15, -0.1) is 0 Å². The molecule has 20 heavy (non-hydrogen) atoms. The maximum atomic E-state index is 14.1. The van der Waals surface area contributed by atoms with Crippen molar-refractivity contribution in [1.82, 2.24) is 0 Å². The second-order valence-corrected chi connectivity index (χ2v) is 4.73. The highest BCUT2D eigenvalue weighted by Crippen LogP contribution is 2.31. The molecule has 0 aliphatic carbocycles. The Morgan fingerprint density at radius 2 is 2.00 bits per heavy atom. The number of nitrogens with one attached hydrogen (secondary N) is 1. The van der Waals surface area contributed by atoms with Crippen LogP contribution >= 0.6 is 15.9 Å². The van der Waals surface area contributed by atoms with Crippen LogP contribution in [0.1, 0.15) is 5.56 Å². The molecule has 0 amide bonds. The number of aliphatic hydroxyl groups is 1. The predicted octanol–water partition coefficient (Wildman–Crippen LogP) is 2.23. The summed E-state index contributed by atoms with van der Waals surface area (Å²) in [6.07, 6.45) is -4.53. The highest BCUT2D eigenvalue weighted by Gasteiger charge is 2.32. The Morgan fingerprint density at radius 1 is 1.40 bits per heavy atom. The minimum atomic E-state index is -4.53. The molecule has 0 unspecified atom stereocenters. The molecule has 0 atom stereocenters. The standard InChI is InChI=1S/C11H12BrF4N3O/c12-8-6(10(17)18)1-2-7(9(8)13)19(3-4-20)5-11(14,15)16/h1-2,20H,3-5H2,(H3,17,18). The molecule has 0 spiro atoms. The normalized spacial score (nSPS) is 11.5. The third kappa shape index (κ3) is 4.07. The van der Waals surface area contributed by atoms with Gasteiger partial charge in [-0.05, 0) is 28.1 Å². The summed E-state index contributed by atoms with van der Waals surface area (Å²) in [6.45, 7) is -2.32. The van der Waals surface area contributed by atoms with Gasteiger partial charge in [-0.1, -0.05) is 0 Å². The van der Waals surface area contributed by atoms with Gasteiger partial charge in [0.15, 0.2) is 5.82 Å². The molecule has 9 heteroatoms. The Labute approximate surface area is 120 Å². The Hall–Kier alpha value is -1.35. The summed E-state index contributed by atoms with van der Waals surface area (Å²) < 4.78 is 51.2. The number of hydrogen-bond donors (Lipinski definition) is 3. The smallest absolute Gasteiger partial charge is 0.395 e. The van der Waals surface area contributed by atoms with Crippen LogP contribution in [0.2, 0.25) is 0 Å². The fourth-order valence-electron chi connectivity index (χ4n) is 1.61. The zero-order valence-electron chi connectivity index (χ0n) is 10.1. The molecule has 4 N–H and O–H groups in total. The van der Waals surface area contributed by atoms with E-state index in [1.807, 2.05) is 0 Å². The van der Waals surface area contributed by atoms with E-state index in [2.05, 4.69) is 15.9 Å². The fraction of sp³-hybridized carbons (Fsp3) is 0.364. The van der Waals surface area contributed by atoms with Gasteiger partial charge in [0.05, 0.1) is 16.8 Å². The molecule has 1 aromatic carbocycles. The monoisotopic (exact) mass is 357 g/mol.